The van der Waals surface area contributed by atoms with Gasteiger partial charge in [0, 0.05) is 24.9 Å². The van der Waals surface area contributed by atoms with Crippen LogP contribution in [0.2, 0.25) is 0 Å². The molecular weight excluding hydrogens is 258 g/mol. The van der Waals surface area contributed by atoms with Crippen molar-refractivity contribution in [2.75, 3.05) is 0 Å². The third kappa shape index (κ3) is 2.70. The zero-order valence-electron chi connectivity index (χ0n) is 11.8. The van der Waals surface area contributed by atoms with Crippen molar-refractivity contribution in [2.45, 2.75) is 64.1 Å². The number of nitrogens with zero attached hydrogens (tertiary/aromatic N) is 3. The van der Waals surface area contributed by atoms with Crippen LogP contribution in [0.4, 0.5) is 0 Å². The monoisotopic (exact) mass is 279 g/mol. The molecule has 0 saturated carbocycles. The minimum Gasteiger partial charge on any atom is -0.481 e. The van der Waals surface area contributed by atoms with Crippen LogP contribution in [0.5, 0.6) is 0 Å². The van der Waals surface area contributed by atoms with Crippen LogP contribution in [0.25, 0.3) is 0 Å². The van der Waals surface area contributed by atoms with Crippen LogP contribution < -0.4 is 0 Å². The van der Waals surface area contributed by atoms with E-state index in [9.17, 15) is 4.79 Å². The quantitative estimate of drug-likeness (QED) is 0.886. The van der Waals surface area contributed by atoms with Crippen molar-refractivity contribution in [3.63, 3.8) is 0 Å². The molecule has 6 heteroatoms. The summed E-state index contributed by atoms with van der Waals surface area (Å²) in [6.45, 7) is 2.71. The summed E-state index contributed by atoms with van der Waals surface area (Å²) in [4.78, 5) is 13.3. The fraction of sp³-hybridized carbons (Fsp3) is 0.786. The Kier molecular flexibility index (Phi) is 3.74. The zero-order chi connectivity index (χ0) is 14.1. The number of carboxylic acid groups (broad SMARTS) is 1. The summed E-state index contributed by atoms with van der Waals surface area (Å²) in [5.74, 6) is 1.03. The van der Waals surface area contributed by atoms with Gasteiger partial charge in [0.1, 0.15) is 0 Å². The van der Waals surface area contributed by atoms with Gasteiger partial charge in [0.2, 0.25) is 11.8 Å². The molecule has 6 nitrogen and oxygen atoms in total. The highest BCUT2D eigenvalue weighted by Crippen LogP contribution is 2.40. The third-order valence-corrected chi connectivity index (χ3v) is 4.57. The molecular formula is C14H21N3O3. The summed E-state index contributed by atoms with van der Waals surface area (Å²) in [6.07, 6.45) is 5.36. The van der Waals surface area contributed by atoms with E-state index in [1.54, 1.807) is 0 Å². The number of rotatable bonds is 5. The highest BCUT2D eigenvalue weighted by atomic mass is 16.4. The molecule has 2 saturated heterocycles. The number of aryl methyl sites for hydroxylation is 1. The average molecular weight is 279 g/mol. The summed E-state index contributed by atoms with van der Waals surface area (Å²) in [5.41, 5.74) is 0. The lowest BCUT2D eigenvalue weighted by atomic mass is 9.88. The van der Waals surface area contributed by atoms with Gasteiger partial charge in [-0.2, -0.15) is 0 Å². The zero-order valence-corrected chi connectivity index (χ0v) is 11.8. The number of carboxylic acids is 1. The predicted molar refractivity (Wildman–Crippen MR) is 71.0 cm³/mol. The molecule has 2 fully saturated rings. The topological polar surface area (TPSA) is 79.5 Å². The van der Waals surface area contributed by atoms with Crippen molar-refractivity contribution >= 4 is 5.97 Å². The Hall–Kier alpha value is -1.43. The van der Waals surface area contributed by atoms with Crippen molar-refractivity contribution < 1.29 is 14.3 Å². The first kappa shape index (κ1) is 13.5. The van der Waals surface area contributed by atoms with Crippen LogP contribution in [0, 0.1) is 5.92 Å². The molecule has 3 heterocycles. The summed E-state index contributed by atoms with van der Waals surface area (Å²) in [6, 6.07) is 0.963. The summed E-state index contributed by atoms with van der Waals surface area (Å²) in [5, 5.41) is 17.0. The Morgan fingerprint density at radius 1 is 1.30 bits per heavy atom. The number of hydrogen-bond acceptors (Lipinski definition) is 5. The minimum atomic E-state index is -0.674. The van der Waals surface area contributed by atoms with E-state index in [0.717, 1.165) is 32.1 Å². The van der Waals surface area contributed by atoms with Crippen molar-refractivity contribution in [2.24, 2.45) is 5.92 Å². The number of piperidine rings is 1. The van der Waals surface area contributed by atoms with Crippen LogP contribution in [-0.4, -0.2) is 38.3 Å². The van der Waals surface area contributed by atoms with Crippen LogP contribution in [0.1, 0.15) is 50.8 Å². The number of aliphatic carboxylic acids is 1. The second-order valence-corrected chi connectivity index (χ2v) is 5.94. The highest BCUT2D eigenvalue weighted by Gasteiger charge is 2.41. The molecule has 0 amide bonds. The second kappa shape index (κ2) is 5.52. The Balaban J connectivity index is 1.63. The number of hydrogen-bond donors (Lipinski definition) is 1. The van der Waals surface area contributed by atoms with E-state index in [-0.39, 0.29) is 0 Å². The highest BCUT2D eigenvalue weighted by molar-refractivity contribution is 5.67. The van der Waals surface area contributed by atoms with E-state index in [1.807, 2.05) is 6.92 Å². The number of carbonyl (C=O) groups is 1. The molecule has 2 bridgehead atoms. The molecule has 20 heavy (non-hydrogen) atoms. The Morgan fingerprint density at radius 3 is 2.50 bits per heavy atom. The minimum absolute atomic E-state index is 0.307. The maximum atomic E-state index is 10.9. The van der Waals surface area contributed by atoms with Crippen LogP contribution in [-0.2, 0) is 17.8 Å². The second-order valence-electron chi connectivity index (χ2n) is 5.94. The first-order chi connectivity index (χ1) is 9.65. The molecule has 1 N–H and O–H groups in total. The molecule has 0 aliphatic carbocycles. The first-order valence-corrected chi connectivity index (χ1v) is 7.44. The van der Waals surface area contributed by atoms with Crippen LogP contribution >= 0.6 is 0 Å². The van der Waals surface area contributed by atoms with E-state index in [4.69, 9.17) is 9.52 Å². The van der Waals surface area contributed by atoms with Gasteiger partial charge in [-0.25, -0.2) is 0 Å². The van der Waals surface area contributed by atoms with Gasteiger partial charge < -0.3 is 9.52 Å². The van der Waals surface area contributed by atoms with Crippen molar-refractivity contribution in [3.05, 3.63) is 11.8 Å². The molecule has 110 valence electrons. The average Bonchev–Trinajstić information content (AvgIpc) is 2.93. The van der Waals surface area contributed by atoms with E-state index in [1.165, 1.54) is 0 Å². The summed E-state index contributed by atoms with van der Waals surface area (Å²) < 4.78 is 5.59. The van der Waals surface area contributed by atoms with Gasteiger partial charge in [-0.15, -0.1) is 10.2 Å². The molecule has 2 atom stereocenters. The Bertz CT molecular complexity index is 474. The SMILES string of the molecule is CCc1nnc(CN2C3CCC2CC(CC(=O)O)C3)o1. The Labute approximate surface area is 118 Å². The normalized spacial score (nSPS) is 29.8. The molecule has 1 aromatic heterocycles. The summed E-state index contributed by atoms with van der Waals surface area (Å²) >= 11 is 0. The maximum Gasteiger partial charge on any atom is 0.303 e. The maximum absolute atomic E-state index is 10.9. The molecule has 2 unspecified atom stereocenters. The molecule has 0 aromatic carbocycles. The van der Waals surface area contributed by atoms with E-state index >= 15 is 0 Å². The number of aromatic nitrogens is 2. The largest absolute Gasteiger partial charge is 0.481 e. The van der Waals surface area contributed by atoms with Crippen molar-refractivity contribution in [1.29, 1.82) is 0 Å². The fourth-order valence-electron chi connectivity index (χ4n) is 3.71. The molecule has 2 aliphatic rings. The molecule has 0 spiro atoms. The van der Waals surface area contributed by atoms with E-state index < -0.39 is 5.97 Å². The molecule has 3 rings (SSSR count). The van der Waals surface area contributed by atoms with Crippen LogP contribution in [0.15, 0.2) is 4.42 Å². The van der Waals surface area contributed by atoms with Crippen LogP contribution in [0.3, 0.4) is 0 Å². The smallest absolute Gasteiger partial charge is 0.303 e. The predicted octanol–water partition coefficient (Wildman–Crippen LogP) is 1.85. The van der Waals surface area contributed by atoms with Gasteiger partial charge in [0.25, 0.3) is 0 Å². The summed E-state index contributed by atoms with van der Waals surface area (Å²) in [7, 11) is 0. The first-order valence-electron chi connectivity index (χ1n) is 7.44. The van der Waals surface area contributed by atoms with Gasteiger partial charge in [-0.05, 0) is 31.6 Å². The molecule has 0 radical (unpaired) electrons. The van der Waals surface area contributed by atoms with Crippen molar-refractivity contribution in [1.82, 2.24) is 15.1 Å². The van der Waals surface area contributed by atoms with Gasteiger partial charge in [-0.1, -0.05) is 6.92 Å². The van der Waals surface area contributed by atoms with Crippen molar-refractivity contribution in [3.8, 4) is 0 Å². The lowest BCUT2D eigenvalue weighted by molar-refractivity contribution is -0.138. The lowest BCUT2D eigenvalue weighted by Gasteiger charge is -2.37. The van der Waals surface area contributed by atoms with E-state index in [0.29, 0.717) is 42.7 Å². The van der Waals surface area contributed by atoms with Gasteiger partial charge in [-0.3, -0.25) is 9.69 Å². The standard InChI is InChI=1S/C14H21N3O3/c1-2-12-15-16-13(20-12)8-17-10-3-4-11(17)6-9(5-10)7-14(18)19/h9-11H,2-8H2,1H3,(H,18,19). The Morgan fingerprint density at radius 2 is 1.95 bits per heavy atom. The molecule has 1 aromatic rings. The molecule has 2 aliphatic heterocycles. The third-order valence-electron chi connectivity index (χ3n) is 4.57. The van der Waals surface area contributed by atoms with Gasteiger partial charge in [0.15, 0.2) is 0 Å². The van der Waals surface area contributed by atoms with Gasteiger partial charge in [0.05, 0.1) is 6.54 Å². The van der Waals surface area contributed by atoms with Gasteiger partial charge >= 0.3 is 5.97 Å². The fourth-order valence-corrected chi connectivity index (χ4v) is 3.71. The van der Waals surface area contributed by atoms with E-state index in [2.05, 4.69) is 15.1 Å². The lowest BCUT2D eigenvalue weighted by Crippen LogP contribution is -2.42. The number of fused-ring (bicyclic) bond motifs is 2.